The van der Waals surface area contributed by atoms with Crippen LogP contribution in [0.5, 0.6) is 0 Å². The van der Waals surface area contributed by atoms with Crippen LogP contribution in [0.4, 0.5) is 5.69 Å². The van der Waals surface area contributed by atoms with Gasteiger partial charge >= 0.3 is 0 Å². The zero-order chi connectivity index (χ0) is 14.4. The number of carbonyl (C=O) groups excluding carboxylic acids is 1. The third-order valence-corrected chi connectivity index (χ3v) is 2.95. The van der Waals surface area contributed by atoms with Gasteiger partial charge in [0.05, 0.1) is 11.6 Å². The number of nitriles is 1. The van der Waals surface area contributed by atoms with Gasteiger partial charge in [0.15, 0.2) is 0 Å². The molecule has 0 bridgehead atoms. The minimum absolute atomic E-state index is 0.255. The van der Waals surface area contributed by atoms with E-state index >= 15 is 0 Å². The highest BCUT2D eigenvalue weighted by atomic mass is 35.5. The van der Waals surface area contributed by atoms with Gasteiger partial charge in [0, 0.05) is 16.8 Å². The normalized spacial score (nSPS) is 10.2. The van der Waals surface area contributed by atoms with Crippen molar-refractivity contribution < 1.29 is 4.79 Å². The van der Waals surface area contributed by atoms with Crippen molar-refractivity contribution in [2.45, 2.75) is 0 Å². The van der Waals surface area contributed by atoms with Crippen molar-refractivity contribution in [1.82, 2.24) is 0 Å². The van der Waals surface area contributed by atoms with E-state index in [2.05, 4.69) is 5.32 Å². The van der Waals surface area contributed by atoms with Gasteiger partial charge in [-0.1, -0.05) is 29.8 Å². The largest absolute Gasteiger partial charge is 0.323 e. The number of benzene rings is 2. The lowest BCUT2D eigenvalue weighted by atomic mass is 10.2. The first-order chi connectivity index (χ1) is 9.69. The molecule has 98 valence electrons. The fraction of sp³-hybridized carbons (Fsp3) is 0. The van der Waals surface area contributed by atoms with Crippen molar-refractivity contribution in [2.75, 3.05) is 5.32 Å². The summed E-state index contributed by atoms with van der Waals surface area (Å²) in [7, 11) is 0. The number of amides is 1. The lowest BCUT2D eigenvalue weighted by Gasteiger charge is -2.02. The van der Waals surface area contributed by atoms with E-state index < -0.39 is 0 Å². The zero-order valence-corrected chi connectivity index (χ0v) is 11.3. The predicted molar refractivity (Wildman–Crippen MR) is 80.3 cm³/mol. The smallest absolute Gasteiger partial charge is 0.248 e. The van der Waals surface area contributed by atoms with Crippen molar-refractivity contribution in [3.8, 4) is 6.07 Å². The van der Waals surface area contributed by atoms with E-state index in [1.54, 1.807) is 36.4 Å². The molecule has 0 aliphatic heterocycles. The van der Waals surface area contributed by atoms with Crippen LogP contribution in [0.25, 0.3) is 6.08 Å². The molecule has 4 heteroatoms. The van der Waals surface area contributed by atoms with E-state index in [4.69, 9.17) is 16.9 Å². The number of hydrogen-bond donors (Lipinski definition) is 1. The van der Waals surface area contributed by atoms with Crippen LogP contribution in [0.1, 0.15) is 11.1 Å². The standard InChI is InChI=1S/C16H11ClN2O/c17-15-4-2-1-3-13(15)7-10-16(20)19-14-8-5-12(11-18)6-9-14/h1-10H,(H,19,20). The summed E-state index contributed by atoms with van der Waals surface area (Å²) in [4.78, 5) is 11.7. The van der Waals surface area contributed by atoms with Gasteiger partial charge in [-0.05, 0) is 42.0 Å². The van der Waals surface area contributed by atoms with Gasteiger partial charge in [0.1, 0.15) is 0 Å². The Bertz CT molecular complexity index is 684. The minimum atomic E-state index is -0.255. The van der Waals surface area contributed by atoms with Gasteiger partial charge in [-0.15, -0.1) is 0 Å². The van der Waals surface area contributed by atoms with Gasteiger partial charge in [-0.3, -0.25) is 4.79 Å². The summed E-state index contributed by atoms with van der Waals surface area (Å²) in [5, 5.41) is 12.0. The Kier molecular flexibility index (Phi) is 4.54. The molecule has 2 aromatic rings. The first kappa shape index (κ1) is 13.9. The van der Waals surface area contributed by atoms with E-state index in [9.17, 15) is 4.79 Å². The molecule has 0 aliphatic rings. The summed E-state index contributed by atoms with van der Waals surface area (Å²) in [6.45, 7) is 0. The number of nitrogens with zero attached hydrogens (tertiary/aromatic N) is 1. The number of nitrogens with one attached hydrogen (secondary N) is 1. The SMILES string of the molecule is N#Cc1ccc(NC(=O)C=Cc2ccccc2Cl)cc1. The molecule has 1 N–H and O–H groups in total. The number of hydrogen-bond acceptors (Lipinski definition) is 2. The Morgan fingerprint density at radius 3 is 2.50 bits per heavy atom. The van der Waals surface area contributed by atoms with Crippen LogP contribution in [0.15, 0.2) is 54.6 Å². The van der Waals surface area contributed by atoms with Crippen molar-refractivity contribution in [3.63, 3.8) is 0 Å². The van der Waals surface area contributed by atoms with E-state index in [0.29, 0.717) is 16.3 Å². The van der Waals surface area contributed by atoms with Gasteiger partial charge in [-0.2, -0.15) is 5.26 Å². The summed E-state index contributed by atoms with van der Waals surface area (Å²) >= 11 is 5.99. The molecule has 0 saturated carbocycles. The van der Waals surface area contributed by atoms with Gasteiger partial charge in [0.2, 0.25) is 5.91 Å². The first-order valence-electron chi connectivity index (χ1n) is 5.93. The summed E-state index contributed by atoms with van der Waals surface area (Å²) in [6, 6.07) is 15.9. The van der Waals surface area contributed by atoms with Crippen LogP contribution in [-0.4, -0.2) is 5.91 Å². The van der Waals surface area contributed by atoms with Crippen LogP contribution in [-0.2, 0) is 4.79 Å². The van der Waals surface area contributed by atoms with Gasteiger partial charge in [0.25, 0.3) is 0 Å². The van der Waals surface area contributed by atoms with Crippen molar-refractivity contribution in [3.05, 3.63) is 70.8 Å². The monoisotopic (exact) mass is 282 g/mol. The van der Waals surface area contributed by atoms with E-state index in [-0.39, 0.29) is 5.91 Å². The fourth-order valence-corrected chi connectivity index (χ4v) is 1.79. The van der Waals surface area contributed by atoms with E-state index in [1.807, 2.05) is 24.3 Å². The second-order valence-electron chi connectivity index (χ2n) is 4.03. The van der Waals surface area contributed by atoms with E-state index in [0.717, 1.165) is 5.56 Å². The van der Waals surface area contributed by atoms with Gasteiger partial charge < -0.3 is 5.32 Å². The minimum Gasteiger partial charge on any atom is -0.323 e. The number of anilines is 1. The van der Waals surface area contributed by atoms with Crippen LogP contribution in [0.2, 0.25) is 5.02 Å². The second kappa shape index (κ2) is 6.55. The molecule has 0 saturated heterocycles. The number of halogens is 1. The van der Waals surface area contributed by atoms with Crippen molar-refractivity contribution >= 4 is 29.3 Å². The molecule has 0 aromatic heterocycles. The molecule has 0 radical (unpaired) electrons. The highest BCUT2D eigenvalue weighted by molar-refractivity contribution is 6.32. The molecular formula is C16H11ClN2O. The molecule has 0 heterocycles. The average Bonchev–Trinajstić information content (AvgIpc) is 2.47. The van der Waals surface area contributed by atoms with Crippen molar-refractivity contribution in [1.29, 1.82) is 5.26 Å². The lowest BCUT2D eigenvalue weighted by Crippen LogP contribution is -2.07. The molecule has 0 atom stereocenters. The maximum Gasteiger partial charge on any atom is 0.248 e. The van der Waals surface area contributed by atoms with Crippen LogP contribution in [0.3, 0.4) is 0 Å². The maximum atomic E-state index is 11.7. The summed E-state index contributed by atoms with van der Waals surface area (Å²) in [5.74, 6) is -0.255. The summed E-state index contributed by atoms with van der Waals surface area (Å²) in [5.41, 5.74) is 1.97. The number of rotatable bonds is 3. The Labute approximate surface area is 122 Å². The highest BCUT2D eigenvalue weighted by Gasteiger charge is 1.99. The first-order valence-corrected chi connectivity index (χ1v) is 6.30. The third kappa shape index (κ3) is 3.71. The highest BCUT2D eigenvalue weighted by Crippen LogP contribution is 2.16. The second-order valence-corrected chi connectivity index (χ2v) is 4.44. The molecule has 2 aromatic carbocycles. The third-order valence-electron chi connectivity index (χ3n) is 2.60. The molecule has 0 fully saturated rings. The molecule has 1 amide bonds. The molecular weight excluding hydrogens is 272 g/mol. The maximum absolute atomic E-state index is 11.7. The number of carbonyl (C=O) groups is 1. The van der Waals surface area contributed by atoms with Crippen LogP contribution in [0, 0.1) is 11.3 Å². The lowest BCUT2D eigenvalue weighted by molar-refractivity contribution is -0.111. The van der Waals surface area contributed by atoms with E-state index in [1.165, 1.54) is 6.08 Å². The summed E-state index contributed by atoms with van der Waals surface area (Å²) in [6.07, 6.45) is 3.07. The average molecular weight is 283 g/mol. The van der Waals surface area contributed by atoms with Gasteiger partial charge in [-0.25, -0.2) is 0 Å². The Balaban J connectivity index is 2.02. The molecule has 0 aliphatic carbocycles. The molecule has 2 rings (SSSR count). The quantitative estimate of drug-likeness (QED) is 0.869. The molecule has 20 heavy (non-hydrogen) atoms. The van der Waals surface area contributed by atoms with Crippen LogP contribution < -0.4 is 5.32 Å². The Morgan fingerprint density at radius 1 is 1.15 bits per heavy atom. The molecule has 3 nitrogen and oxygen atoms in total. The predicted octanol–water partition coefficient (Wildman–Crippen LogP) is 3.86. The fourth-order valence-electron chi connectivity index (χ4n) is 1.59. The molecule has 0 spiro atoms. The Hall–Kier alpha value is -2.57. The summed E-state index contributed by atoms with van der Waals surface area (Å²) < 4.78 is 0. The Morgan fingerprint density at radius 2 is 1.85 bits per heavy atom. The van der Waals surface area contributed by atoms with Crippen LogP contribution >= 0.6 is 11.6 Å². The zero-order valence-electron chi connectivity index (χ0n) is 10.5. The topological polar surface area (TPSA) is 52.9 Å². The van der Waals surface area contributed by atoms with Crippen molar-refractivity contribution in [2.24, 2.45) is 0 Å². The molecule has 0 unspecified atom stereocenters.